The number of ether oxygens (including phenoxy) is 2. The first-order valence-corrected chi connectivity index (χ1v) is 8.30. The van der Waals surface area contributed by atoms with Crippen LogP contribution in [0, 0.1) is 0 Å². The molecule has 27 heavy (non-hydrogen) atoms. The van der Waals surface area contributed by atoms with Crippen molar-refractivity contribution in [1.82, 2.24) is 9.97 Å². The average Bonchev–Trinajstić information content (AvgIpc) is 2.70. The van der Waals surface area contributed by atoms with Gasteiger partial charge in [-0.25, -0.2) is 4.79 Å². The van der Waals surface area contributed by atoms with Crippen LogP contribution in [0.3, 0.4) is 0 Å². The fourth-order valence-corrected chi connectivity index (χ4v) is 2.69. The van der Waals surface area contributed by atoms with E-state index >= 15 is 0 Å². The molecule has 0 radical (unpaired) electrons. The Labute approximate surface area is 155 Å². The molecule has 1 N–H and O–H groups in total. The minimum Gasteiger partial charge on any atom is -0.465 e. The van der Waals surface area contributed by atoms with E-state index in [4.69, 9.17) is 4.74 Å². The van der Waals surface area contributed by atoms with Crippen molar-refractivity contribution in [3.8, 4) is 0 Å². The molecule has 0 saturated heterocycles. The molecule has 0 bridgehead atoms. The molecule has 0 aliphatic carbocycles. The van der Waals surface area contributed by atoms with Gasteiger partial charge in [0.05, 0.1) is 18.6 Å². The van der Waals surface area contributed by atoms with Gasteiger partial charge in [0, 0.05) is 29.0 Å². The maximum atomic E-state index is 12.4. The zero-order chi connectivity index (χ0) is 19.4. The molecule has 0 fully saturated rings. The second-order valence-corrected chi connectivity index (χ2v) is 6.04. The van der Waals surface area contributed by atoms with Gasteiger partial charge in [-0.2, -0.15) is 0 Å². The zero-order valence-electron chi connectivity index (χ0n) is 14.9. The third-order valence-electron chi connectivity index (χ3n) is 4.20. The molecule has 138 valence electrons. The van der Waals surface area contributed by atoms with Crippen molar-refractivity contribution in [3.63, 3.8) is 0 Å². The van der Waals surface area contributed by atoms with E-state index in [1.54, 1.807) is 25.1 Å². The minimum atomic E-state index is -0.741. The van der Waals surface area contributed by atoms with Crippen molar-refractivity contribution in [2.45, 2.75) is 19.4 Å². The summed E-state index contributed by atoms with van der Waals surface area (Å²) in [5.41, 5.74) is 1.53. The van der Waals surface area contributed by atoms with Crippen molar-refractivity contribution in [3.05, 3.63) is 75.8 Å². The van der Waals surface area contributed by atoms with E-state index in [0.717, 1.165) is 5.39 Å². The number of carbonyl (C=O) groups is 2. The average molecular weight is 366 g/mol. The number of methoxy groups -OCH3 is 1. The summed E-state index contributed by atoms with van der Waals surface area (Å²) in [7, 11) is 1.28. The van der Waals surface area contributed by atoms with E-state index < -0.39 is 17.9 Å². The molecule has 0 amide bonds. The smallest absolute Gasteiger partial charge is 0.339 e. The number of nitrogens with one attached hydrogen (secondary N) is 1. The van der Waals surface area contributed by atoms with Crippen LogP contribution in [0.15, 0.2) is 53.6 Å². The number of H-pyrrole nitrogens is 1. The highest BCUT2D eigenvalue weighted by molar-refractivity contribution is 5.89. The van der Waals surface area contributed by atoms with Crippen LogP contribution in [0.5, 0.6) is 0 Å². The largest absolute Gasteiger partial charge is 0.465 e. The van der Waals surface area contributed by atoms with Gasteiger partial charge in [0.15, 0.2) is 0 Å². The van der Waals surface area contributed by atoms with E-state index in [1.807, 2.05) is 18.2 Å². The topological polar surface area (TPSA) is 98.3 Å². The Bertz CT molecular complexity index is 1060. The SMILES string of the molecule is COC(=O)c1cncc(COC(=O)C(C)c2cc3ccccc3[nH]c2=O)c1. The summed E-state index contributed by atoms with van der Waals surface area (Å²) in [4.78, 5) is 42.9. The van der Waals surface area contributed by atoms with Gasteiger partial charge < -0.3 is 14.5 Å². The molecule has 1 unspecified atom stereocenters. The first-order chi connectivity index (χ1) is 13.0. The van der Waals surface area contributed by atoms with Gasteiger partial charge in [-0.1, -0.05) is 18.2 Å². The number of esters is 2. The van der Waals surface area contributed by atoms with Crippen LogP contribution in [-0.2, 0) is 20.9 Å². The molecular formula is C20H18N2O5. The normalized spacial score (nSPS) is 11.8. The Morgan fingerprint density at radius 2 is 1.96 bits per heavy atom. The number of hydrogen-bond acceptors (Lipinski definition) is 6. The number of carbonyl (C=O) groups excluding carboxylic acids is 2. The van der Waals surface area contributed by atoms with Crippen molar-refractivity contribution >= 4 is 22.8 Å². The molecule has 7 heteroatoms. The number of fused-ring (bicyclic) bond motifs is 1. The first kappa shape index (κ1) is 18.3. The van der Waals surface area contributed by atoms with Crippen LogP contribution in [-0.4, -0.2) is 29.0 Å². The number of hydrogen-bond donors (Lipinski definition) is 1. The first-order valence-electron chi connectivity index (χ1n) is 8.30. The number of aromatic amines is 1. The number of rotatable bonds is 5. The van der Waals surface area contributed by atoms with Gasteiger partial charge in [0.1, 0.15) is 6.61 Å². The summed E-state index contributed by atoms with van der Waals surface area (Å²) in [6.45, 7) is 1.55. The highest BCUT2D eigenvalue weighted by atomic mass is 16.5. The molecule has 3 rings (SSSR count). The fraction of sp³-hybridized carbons (Fsp3) is 0.200. The van der Waals surface area contributed by atoms with Crippen LogP contribution in [0.1, 0.15) is 34.3 Å². The van der Waals surface area contributed by atoms with E-state index in [9.17, 15) is 14.4 Å². The number of benzene rings is 1. The summed E-state index contributed by atoms with van der Waals surface area (Å²) in [6.07, 6.45) is 2.86. The predicted octanol–water partition coefficient (Wildman–Crippen LogP) is 2.56. The molecule has 1 atom stereocenters. The van der Waals surface area contributed by atoms with Gasteiger partial charge >= 0.3 is 11.9 Å². The Balaban J connectivity index is 1.74. The van der Waals surface area contributed by atoms with Crippen molar-refractivity contribution < 1.29 is 19.1 Å². The van der Waals surface area contributed by atoms with Gasteiger partial charge in [0.2, 0.25) is 0 Å². The Morgan fingerprint density at radius 3 is 2.74 bits per heavy atom. The zero-order valence-corrected chi connectivity index (χ0v) is 14.9. The molecule has 0 aliphatic rings. The van der Waals surface area contributed by atoms with E-state index in [0.29, 0.717) is 16.6 Å². The lowest BCUT2D eigenvalue weighted by Crippen LogP contribution is -2.21. The molecule has 0 spiro atoms. The lowest BCUT2D eigenvalue weighted by molar-refractivity contribution is -0.146. The van der Waals surface area contributed by atoms with Crippen LogP contribution in [0.25, 0.3) is 10.9 Å². The van der Waals surface area contributed by atoms with Gasteiger partial charge in [-0.15, -0.1) is 0 Å². The second-order valence-electron chi connectivity index (χ2n) is 6.04. The van der Waals surface area contributed by atoms with Crippen molar-refractivity contribution in [2.24, 2.45) is 0 Å². The Hall–Kier alpha value is -3.48. The van der Waals surface area contributed by atoms with Gasteiger partial charge in [-0.3, -0.25) is 14.6 Å². The molecule has 0 saturated carbocycles. The number of para-hydroxylation sites is 1. The molecule has 2 heterocycles. The van der Waals surface area contributed by atoms with E-state index in [1.165, 1.54) is 19.5 Å². The molecule has 2 aromatic heterocycles. The summed E-state index contributed by atoms with van der Waals surface area (Å²) < 4.78 is 9.93. The van der Waals surface area contributed by atoms with Crippen LogP contribution < -0.4 is 5.56 Å². The summed E-state index contributed by atoms with van der Waals surface area (Å²) in [5.74, 6) is -1.80. The maximum absolute atomic E-state index is 12.4. The quantitative estimate of drug-likeness (QED) is 0.697. The highest BCUT2D eigenvalue weighted by Crippen LogP contribution is 2.18. The number of pyridine rings is 2. The minimum absolute atomic E-state index is 0.0630. The second kappa shape index (κ2) is 7.82. The molecular weight excluding hydrogens is 348 g/mol. The monoisotopic (exact) mass is 366 g/mol. The van der Waals surface area contributed by atoms with Gasteiger partial charge in [-0.05, 0) is 30.5 Å². The molecule has 0 aliphatic heterocycles. The summed E-state index contributed by atoms with van der Waals surface area (Å²) >= 11 is 0. The highest BCUT2D eigenvalue weighted by Gasteiger charge is 2.21. The predicted molar refractivity (Wildman–Crippen MR) is 98.4 cm³/mol. The molecule has 3 aromatic rings. The summed E-state index contributed by atoms with van der Waals surface area (Å²) in [5, 5.41) is 0.835. The van der Waals surface area contributed by atoms with Crippen LogP contribution in [0.4, 0.5) is 0 Å². The number of nitrogens with zero attached hydrogens (tertiary/aromatic N) is 1. The van der Waals surface area contributed by atoms with Crippen molar-refractivity contribution in [2.75, 3.05) is 7.11 Å². The number of aromatic nitrogens is 2. The summed E-state index contributed by atoms with van der Waals surface area (Å²) in [6, 6.07) is 10.6. The van der Waals surface area contributed by atoms with Crippen molar-refractivity contribution in [1.29, 1.82) is 0 Å². The molecule has 7 nitrogen and oxygen atoms in total. The maximum Gasteiger partial charge on any atom is 0.339 e. The Kier molecular flexibility index (Phi) is 5.30. The standard InChI is InChI=1S/C20H18N2O5/c1-12(16-8-14-5-3-4-6-17(14)22-18(16)23)19(24)27-11-13-7-15(10-21-9-13)20(25)26-2/h3-10,12H,11H2,1-2H3,(H,22,23). The van der Waals surface area contributed by atoms with Crippen LogP contribution >= 0.6 is 0 Å². The van der Waals surface area contributed by atoms with E-state index in [-0.39, 0.29) is 17.7 Å². The third-order valence-corrected chi connectivity index (χ3v) is 4.20. The fourth-order valence-electron chi connectivity index (χ4n) is 2.69. The van der Waals surface area contributed by atoms with Crippen LogP contribution in [0.2, 0.25) is 0 Å². The lowest BCUT2D eigenvalue weighted by Gasteiger charge is -2.12. The third kappa shape index (κ3) is 4.03. The lowest BCUT2D eigenvalue weighted by atomic mass is 10.0. The van der Waals surface area contributed by atoms with E-state index in [2.05, 4.69) is 14.7 Å². The van der Waals surface area contributed by atoms with Gasteiger partial charge in [0.25, 0.3) is 5.56 Å². The Morgan fingerprint density at radius 1 is 1.19 bits per heavy atom. The molecule has 1 aromatic carbocycles.